The lowest BCUT2D eigenvalue weighted by molar-refractivity contribution is 0.478. The second kappa shape index (κ2) is 8.13. The topological polar surface area (TPSA) is 12.0 Å². The summed E-state index contributed by atoms with van der Waals surface area (Å²) in [5, 5.41) is 3.52. The van der Waals surface area contributed by atoms with Crippen molar-refractivity contribution in [2.45, 2.75) is 39.2 Å². The van der Waals surface area contributed by atoms with Crippen LogP contribution in [0.5, 0.6) is 0 Å². The molecule has 0 saturated heterocycles. The van der Waals surface area contributed by atoms with Gasteiger partial charge in [-0.25, -0.2) is 4.39 Å². The fraction of sp³-hybridized carbons (Fsp3) is 0.467. The maximum atomic E-state index is 14.0. The first-order chi connectivity index (χ1) is 8.70. The molecule has 18 heavy (non-hydrogen) atoms. The molecule has 1 aromatic rings. The number of rotatable bonds is 6. The zero-order valence-electron chi connectivity index (χ0n) is 10.9. The summed E-state index contributed by atoms with van der Waals surface area (Å²) in [7, 11) is 0. The lowest BCUT2D eigenvalue weighted by atomic mass is 10.0. The van der Waals surface area contributed by atoms with Crippen molar-refractivity contribution < 1.29 is 4.39 Å². The molecule has 0 spiro atoms. The first-order valence-electron chi connectivity index (χ1n) is 6.27. The van der Waals surface area contributed by atoms with Crippen LogP contribution in [-0.4, -0.2) is 6.54 Å². The molecule has 1 aromatic carbocycles. The molecule has 1 unspecified atom stereocenters. The van der Waals surface area contributed by atoms with E-state index >= 15 is 0 Å². The largest absolute Gasteiger partial charge is 0.310 e. The Morgan fingerprint density at radius 3 is 2.89 bits per heavy atom. The van der Waals surface area contributed by atoms with Crippen LogP contribution in [0.25, 0.3) is 0 Å². The van der Waals surface area contributed by atoms with Gasteiger partial charge in [0.1, 0.15) is 5.82 Å². The normalized spacial score (nSPS) is 11.8. The number of benzene rings is 1. The second-order valence-electron chi connectivity index (χ2n) is 4.12. The Morgan fingerprint density at radius 2 is 2.22 bits per heavy atom. The Morgan fingerprint density at radius 1 is 1.44 bits per heavy atom. The van der Waals surface area contributed by atoms with E-state index in [0.717, 1.165) is 25.8 Å². The van der Waals surface area contributed by atoms with Gasteiger partial charge in [0.15, 0.2) is 0 Å². The summed E-state index contributed by atoms with van der Waals surface area (Å²) in [5.41, 5.74) is 0.633. The van der Waals surface area contributed by atoms with E-state index in [1.165, 1.54) is 0 Å². The second-order valence-corrected chi connectivity index (χ2v) is 4.52. The molecular formula is C15H19ClFN. The number of hydrogen-bond donors (Lipinski definition) is 1. The van der Waals surface area contributed by atoms with E-state index < -0.39 is 0 Å². The van der Waals surface area contributed by atoms with Crippen molar-refractivity contribution in [3.05, 3.63) is 34.6 Å². The lowest BCUT2D eigenvalue weighted by Crippen LogP contribution is -2.23. The molecule has 0 aliphatic rings. The van der Waals surface area contributed by atoms with Gasteiger partial charge in [-0.3, -0.25) is 0 Å². The molecule has 0 aromatic heterocycles. The minimum atomic E-state index is -0.322. The van der Waals surface area contributed by atoms with Gasteiger partial charge in [0.05, 0.1) is 5.02 Å². The van der Waals surface area contributed by atoms with Crippen molar-refractivity contribution in [1.82, 2.24) is 5.32 Å². The molecule has 98 valence electrons. The molecule has 0 aliphatic carbocycles. The number of halogens is 2. The van der Waals surface area contributed by atoms with E-state index in [2.05, 4.69) is 24.1 Å². The average molecular weight is 268 g/mol. The molecule has 0 amide bonds. The predicted molar refractivity (Wildman–Crippen MR) is 75.1 cm³/mol. The van der Waals surface area contributed by atoms with E-state index in [1.54, 1.807) is 18.2 Å². The summed E-state index contributed by atoms with van der Waals surface area (Å²) in [6, 6.07) is 5.12. The van der Waals surface area contributed by atoms with Crippen LogP contribution >= 0.6 is 11.6 Å². The highest BCUT2D eigenvalue weighted by Crippen LogP contribution is 2.26. The molecule has 0 aliphatic heterocycles. The van der Waals surface area contributed by atoms with Crippen molar-refractivity contribution in [2.75, 3.05) is 6.54 Å². The molecular weight excluding hydrogens is 249 g/mol. The Hall–Kier alpha value is -1.04. The smallest absolute Gasteiger partial charge is 0.146 e. The van der Waals surface area contributed by atoms with E-state index in [0.29, 0.717) is 5.56 Å². The highest BCUT2D eigenvalue weighted by atomic mass is 35.5. The number of hydrogen-bond acceptors (Lipinski definition) is 1. The zero-order valence-corrected chi connectivity index (χ0v) is 11.6. The van der Waals surface area contributed by atoms with Crippen LogP contribution in [0.3, 0.4) is 0 Å². The van der Waals surface area contributed by atoms with E-state index in [9.17, 15) is 4.39 Å². The average Bonchev–Trinajstić information content (AvgIpc) is 2.37. The van der Waals surface area contributed by atoms with Gasteiger partial charge in [0.25, 0.3) is 0 Å². The molecule has 0 bridgehead atoms. The third-order valence-corrected chi connectivity index (χ3v) is 3.02. The Labute approximate surface area is 114 Å². The monoisotopic (exact) mass is 267 g/mol. The summed E-state index contributed by atoms with van der Waals surface area (Å²) in [6.45, 7) is 4.76. The van der Waals surface area contributed by atoms with Crippen LogP contribution < -0.4 is 5.32 Å². The van der Waals surface area contributed by atoms with Gasteiger partial charge in [-0.2, -0.15) is 0 Å². The zero-order chi connectivity index (χ0) is 13.4. The standard InChI is InChI=1S/C15H19ClFN/c1-3-5-6-10-14(18-11-4-2)12-8-7-9-13(16)15(12)17/h7-9,14,18H,4,6,10-11H2,1-2H3. The first-order valence-corrected chi connectivity index (χ1v) is 6.65. The summed E-state index contributed by atoms with van der Waals surface area (Å²) >= 11 is 5.82. The van der Waals surface area contributed by atoms with E-state index in [4.69, 9.17) is 11.6 Å². The van der Waals surface area contributed by atoms with Gasteiger partial charge < -0.3 is 5.32 Å². The van der Waals surface area contributed by atoms with Crippen molar-refractivity contribution in [1.29, 1.82) is 0 Å². The van der Waals surface area contributed by atoms with Crippen LogP contribution in [0.4, 0.5) is 4.39 Å². The Balaban J connectivity index is 2.85. The van der Waals surface area contributed by atoms with Crippen LogP contribution in [-0.2, 0) is 0 Å². The molecule has 1 N–H and O–H groups in total. The molecule has 1 atom stereocenters. The summed E-state index contributed by atoms with van der Waals surface area (Å²) in [4.78, 5) is 0. The third-order valence-electron chi connectivity index (χ3n) is 2.73. The third kappa shape index (κ3) is 4.33. The van der Waals surface area contributed by atoms with E-state index in [1.807, 2.05) is 6.92 Å². The van der Waals surface area contributed by atoms with Gasteiger partial charge in [0, 0.05) is 18.0 Å². The van der Waals surface area contributed by atoms with Crippen molar-refractivity contribution in [3.8, 4) is 11.8 Å². The van der Waals surface area contributed by atoms with Gasteiger partial charge in [-0.15, -0.1) is 11.8 Å². The maximum Gasteiger partial charge on any atom is 0.146 e. The highest BCUT2D eigenvalue weighted by Gasteiger charge is 2.16. The highest BCUT2D eigenvalue weighted by molar-refractivity contribution is 6.30. The van der Waals surface area contributed by atoms with Crippen LogP contribution in [0.15, 0.2) is 18.2 Å². The summed E-state index contributed by atoms with van der Waals surface area (Å²) in [6.07, 6.45) is 2.56. The van der Waals surface area contributed by atoms with Gasteiger partial charge in [-0.1, -0.05) is 30.7 Å². The minimum Gasteiger partial charge on any atom is -0.310 e. The maximum absolute atomic E-state index is 14.0. The predicted octanol–water partition coefficient (Wildman–Crippen LogP) is 4.32. The molecule has 1 rings (SSSR count). The van der Waals surface area contributed by atoms with Gasteiger partial charge in [0.2, 0.25) is 0 Å². The summed E-state index contributed by atoms with van der Waals surface area (Å²) in [5.74, 6) is 5.55. The SMILES string of the molecule is CC#CCCC(NCCC)c1cccc(Cl)c1F. The van der Waals surface area contributed by atoms with Crippen LogP contribution in [0, 0.1) is 17.7 Å². The van der Waals surface area contributed by atoms with Gasteiger partial charge >= 0.3 is 0 Å². The molecule has 0 heterocycles. The van der Waals surface area contributed by atoms with Crippen LogP contribution in [0.2, 0.25) is 5.02 Å². The molecule has 1 nitrogen and oxygen atoms in total. The summed E-state index contributed by atoms with van der Waals surface area (Å²) < 4.78 is 14.0. The van der Waals surface area contributed by atoms with Gasteiger partial charge in [-0.05, 0) is 32.4 Å². The fourth-order valence-corrected chi connectivity index (χ4v) is 2.00. The molecule has 0 saturated carbocycles. The number of nitrogens with one attached hydrogen (secondary N) is 1. The van der Waals surface area contributed by atoms with Crippen molar-refractivity contribution in [3.63, 3.8) is 0 Å². The Bertz CT molecular complexity index is 434. The molecule has 0 fully saturated rings. The van der Waals surface area contributed by atoms with Crippen molar-refractivity contribution >= 4 is 11.6 Å². The molecule has 0 radical (unpaired) electrons. The van der Waals surface area contributed by atoms with E-state index in [-0.39, 0.29) is 16.9 Å². The van der Waals surface area contributed by atoms with Crippen LogP contribution in [0.1, 0.15) is 44.7 Å². The molecule has 3 heteroatoms. The minimum absolute atomic E-state index is 0.0236. The fourth-order valence-electron chi connectivity index (χ4n) is 1.82. The Kier molecular flexibility index (Phi) is 6.78. The lowest BCUT2D eigenvalue weighted by Gasteiger charge is -2.19. The quantitative estimate of drug-likeness (QED) is 0.757. The first kappa shape index (κ1) is 15.0. The van der Waals surface area contributed by atoms with Crippen molar-refractivity contribution in [2.24, 2.45) is 0 Å².